The van der Waals surface area contributed by atoms with Crippen molar-refractivity contribution in [3.05, 3.63) is 30.3 Å². The third-order valence-electron chi connectivity index (χ3n) is 5.10. The molecule has 0 N–H and O–H groups in total. The highest BCUT2D eigenvalue weighted by atomic mass is 16.2. The summed E-state index contributed by atoms with van der Waals surface area (Å²) in [5, 5.41) is 0. The molecule has 4 heteroatoms. The number of benzene rings is 1. The molecular formula is C21H35N3O. The molecule has 0 bridgehead atoms. The summed E-state index contributed by atoms with van der Waals surface area (Å²) in [5.41, 5.74) is 1.00. The van der Waals surface area contributed by atoms with Crippen molar-refractivity contribution in [2.45, 2.75) is 45.6 Å². The SMILES string of the molecule is CC(C)N(C(=O)CN1CCC(CCCN(C)C)CC1)c1ccccc1. The van der Waals surface area contributed by atoms with Gasteiger partial charge in [-0.05, 0) is 91.3 Å². The van der Waals surface area contributed by atoms with Gasteiger partial charge in [-0.2, -0.15) is 0 Å². The maximum atomic E-state index is 12.9. The fourth-order valence-electron chi connectivity index (χ4n) is 3.72. The van der Waals surface area contributed by atoms with Crippen LogP contribution in [-0.4, -0.2) is 62.0 Å². The number of hydrogen-bond acceptors (Lipinski definition) is 3. The van der Waals surface area contributed by atoms with Crippen LogP contribution >= 0.6 is 0 Å². The smallest absolute Gasteiger partial charge is 0.241 e. The van der Waals surface area contributed by atoms with Gasteiger partial charge in [-0.3, -0.25) is 9.69 Å². The van der Waals surface area contributed by atoms with Gasteiger partial charge in [0.15, 0.2) is 0 Å². The molecule has 1 amide bonds. The average molecular weight is 346 g/mol. The minimum absolute atomic E-state index is 0.179. The Morgan fingerprint density at radius 2 is 1.80 bits per heavy atom. The third kappa shape index (κ3) is 6.44. The van der Waals surface area contributed by atoms with Crippen LogP contribution in [0.1, 0.15) is 39.5 Å². The first-order chi connectivity index (χ1) is 12.0. The van der Waals surface area contributed by atoms with E-state index in [2.05, 4.69) is 37.7 Å². The Balaban J connectivity index is 1.81. The first kappa shape index (κ1) is 19.9. The van der Waals surface area contributed by atoms with Gasteiger partial charge in [0, 0.05) is 11.7 Å². The van der Waals surface area contributed by atoms with E-state index in [4.69, 9.17) is 0 Å². The quantitative estimate of drug-likeness (QED) is 0.722. The van der Waals surface area contributed by atoms with E-state index in [0.29, 0.717) is 6.54 Å². The van der Waals surface area contributed by atoms with Gasteiger partial charge in [-0.25, -0.2) is 0 Å². The van der Waals surface area contributed by atoms with Crippen LogP contribution < -0.4 is 4.90 Å². The van der Waals surface area contributed by atoms with Crippen molar-refractivity contribution >= 4 is 11.6 Å². The van der Waals surface area contributed by atoms with E-state index in [1.54, 1.807) is 0 Å². The van der Waals surface area contributed by atoms with Crippen molar-refractivity contribution < 1.29 is 4.79 Å². The standard InChI is InChI=1S/C21H35N3O/c1-18(2)24(20-10-6-5-7-11-20)21(25)17-23-15-12-19(13-16-23)9-8-14-22(3)4/h5-7,10-11,18-19H,8-9,12-17H2,1-4H3. The van der Waals surface area contributed by atoms with Crippen LogP contribution in [0.15, 0.2) is 30.3 Å². The maximum absolute atomic E-state index is 12.9. The molecule has 0 atom stereocenters. The highest BCUT2D eigenvalue weighted by molar-refractivity contribution is 5.95. The van der Waals surface area contributed by atoms with Crippen LogP contribution in [0.5, 0.6) is 0 Å². The fourth-order valence-corrected chi connectivity index (χ4v) is 3.72. The molecule has 2 rings (SSSR count). The second-order valence-corrected chi connectivity index (χ2v) is 7.86. The first-order valence-corrected chi connectivity index (χ1v) is 9.71. The molecule has 0 radical (unpaired) electrons. The minimum atomic E-state index is 0.179. The number of carbonyl (C=O) groups excluding carboxylic acids is 1. The van der Waals surface area contributed by atoms with E-state index in [1.165, 1.54) is 32.2 Å². The van der Waals surface area contributed by atoms with Gasteiger partial charge < -0.3 is 9.80 Å². The number of para-hydroxylation sites is 1. The zero-order valence-corrected chi connectivity index (χ0v) is 16.4. The molecule has 1 saturated heterocycles. The number of anilines is 1. The molecule has 1 aliphatic rings. The predicted octanol–water partition coefficient (Wildman–Crippen LogP) is 3.48. The zero-order valence-electron chi connectivity index (χ0n) is 16.4. The largest absolute Gasteiger partial charge is 0.309 e. The van der Waals surface area contributed by atoms with Crippen molar-refractivity contribution in [1.82, 2.24) is 9.80 Å². The van der Waals surface area contributed by atoms with E-state index in [0.717, 1.165) is 24.7 Å². The lowest BCUT2D eigenvalue weighted by atomic mass is 9.92. The lowest BCUT2D eigenvalue weighted by molar-refractivity contribution is -0.120. The molecule has 1 aliphatic heterocycles. The Labute approximate surface area is 153 Å². The molecule has 1 heterocycles. The van der Waals surface area contributed by atoms with Gasteiger partial charge in [0.1, 0.15) is 0 Å². The Hall–Kier alpha value is -1.39. The first-order valence-electron chi connectivity index (χ1n) is 9.71. The molecule has 1 fully saturated rings. The second kappa shape index (κ2) is 9.93. The van der Waals surface area contributed by atoms with Crippen LogP contribution in [0.4, 0.5) is 5.69 Å². The van der Waals surface area contributed by atoms with Gasteiger partial charge in [-0.15, -0.1) is 0 Å². The van der Waals surface area contributed by atoms with E-state index in [-0.39, 0.29) is 11.9 Å². The highest BCUT2D eigenvalue weighted by Crippen LogP contribution is 2.23. The summed E-state index contributed by atoms with van der Waals surface area (Å²) in [5.74, 6) is 1.05. The summed E-state index contributed by atoms with van der Waals surface area (Å²) in [6.45, 7) is 8.00. The Morgan fingerprint density at radius 1 is 1.16 bits per heavy atom. The van der Waals surface area contributed by atoms with Crippen LogP contribution in [0.2, 0.25) is 0 Å². The van der Waals surface area contributed by atoms with Gasteiger partial charge in [0.25, 0.3) is 0 Å². The van der Waals surface area contributed by atoms with Gasteiger partial charge in [-0.1, -0.05) is 18.2 Å². The number of carbonyl (C=O) groups is 1. The molecule has 0 spiro atoms. The number of amides is 1. The van der Waals surface area contributed by atoms with Crippen LogP contribution in [0, 0.1) is 5.92 Å². The molecule has 25 heavy (non-hydrogen) atoms. The van der Waals surface area contributed by atoms with E-state index >= 15 is 0 Å². The number of likely N-dealkylation sites (tertiary alicyclic amines) is 1. The number of nitrogens with zero attached hydrogens (tertiary/aromatic N) is 3. The van der Waals surface area contributed by atoms with Crippen LogP contribution in [0.25, 0.3) is 0 Å². The average Bonchev–Trinajstić information content (AvgIpc) is 2.57. The molecule has 140 valence electrons. The lowest BCUT2D eigenvalue weighted by Gasteiger charge is -2.34. The molecule has 1 aromatic carbocycles. The molecule has 4 nitrogen and oxygen atoms in total. The van der Waals surface area contributed by atoms with Gasteiger partial charge in [0.05, 0.1) is 6.54 Å². The van der Waals surface area contributed by atoms with Crippen molar-refractivity contribution in [2.75, 3.05) is 45.2 Å². The summed E-state index contributed by atoms with van der Waals surface area (Å²) in [7, 11) is 4.28. The van der Waals surface area contributed by atoms with Crippen molar-refractivity contribution in [3.63, 3.8) is 0 Å². The second-order valence-electron chi connectivity index (χ2n) is 7.86. The number of piperidine rings is 1. The fraction of sp³-hybridized carbons (Fsp3) is 0.667. The molecule has 0 saturated carbocycles. The summed E-state index contributed by atoms with van der Waals surface area (Å²) >= 11 is 0. The summed E-state index contributed by atoms with van der Waals surface area (Å²) in [4.78, 5) is 19.4. The number of hydrogen-bond donors (Lipinski definition) is 0. The van der Waals surface area contributed by atoms with Gasteiger partial charge in [0.2, 0.25) is 5.91 Å². The van der Waals surface area contributed by atoms with Crippen molar-refractivity contribution in [3.8, 4) is 0 Å². The maximum Gasteiger partial charge on any atom is 0.241 e. The van der Waals surface area contributed by atoms with Crippen molar-refractivity contribution in [1.29, 1.82) is 0 Å². The minimum Gasteiger partial charge on any atom is -0.309 e. The van der Waals surface area contributed by atoms with E-state index in [1.807, 2.05) is 35.2 Å². The van der Waals surface area contributed by atoms with Crippen LogP contribution in [0.3, 0.4) is 0 Å². The van der Waals surface area contributed by atoms with Crippen molar-refractivity contribution in [2.24, 2.45) is 5.92 Å². The highest BCUT2D eigenvalue weighted by Gasteiger charge is 2.24. The normalized spacial score (nSPS) is 16.6. The molecule has 1 aromatic rings. The number of rotatable bonds is 8. The van der Waals surface area contributed by atoms with E-state index < -0.39 is 0 Å². The van der Waals surface area contributed by atoms with Crippen LogP contribution in [-0.2, 0) is 4.79 Å². The molecule has 0 unspecified atom stereocenters. The lowest BCUT2D eigenvalue weighted by Crippen LogP contribution is -2.46. The monoisotopic (exact) mass is 345 g/mol. The molecule has 0 aromatic heterocycles. The van der Waals surface area contributed by atoms with E-state index in [9.17, 15) is 4.79 Å². The predicted molar refractivity (Wildman–Crippen MR) is 106 cm³/mol. The summed E-state index contributed by atoms with van der Waals surface area (Å²) < 4.78 is 0. The Bertz CT molecular complexity index is 507. The summed E-state index contributed by atoms with van der Waals surface area (Å²) in [6, 6.07) is 10.2. The molecule has 0 aliphatic carbocycles. The third-order valence-corrected chi connectivity index (χ3v) is 5.10. The molecular weight excluding hydrogens is 310 g/mol. The topological polar surface area (TPSA) is 26.8 Å². The Morgan fingerprint density at radius 3 is 2.36 bits per heavy atom. The Kier molecular flexibility index (Phi) is 7.91. The zero-order chi connectivity index (χ0) is 18.2. The van der Waals surface area contributed by atoms with Gasteiger partial charge >= 0.3 is 0 Å². The summed E-state index contributed by atoms with van der Waals surface area (Å²) in [6.07, 6.45) is 5.06.